The molecule has 0 atom stereocenters. The second-order valence-electron chi connectivity index (χ2n) is 4.99. The van der Waals surface area contributed by atoms with Gasteiger partial charge in [0.2, 0.25) is 0 Å². The van der Waals surface area contributed by atoms with Gasteiger partial charge in [-0.15, -0.1) is 11.3 Å². The zero-order chi connectivity index (χ0) is 15.4. The summed E-state index contributed by atoms with van der Waals surface area (Å²) in [6.45, 7) is 5.25. The monoisotopic (exact) mass is 307 g/mol. The lowest BCUT2D eigenvalue weighted by molar-refractivity contribution is 0.0702. The van der Waals surface area contributed by atoms with Crippen molar-refractivity contribution in [3.05, 3.63) is 56.5 Å². The number of halogens is 1. The maximum Gasteiger partial charge on any atom is 0.345 e. The molecule has 2 N–H and O–H groups in total. The first-order valence-electron chi connectivity index (χ1n) is 6.75. The summed E-state index contributed by atoms with van der Waals surface area (Å²) < 4.78 is 13.0. The van der Waals surface area contributed by atoms with Crippen molar-refractivity contribution >= 4 is 17.3 Å². The molecule has 3 nitrogen and oxygen atoms in total. The fraction of sp³-hybridized carbons (Fsp3) is 0.312. The fourth-order valence-corrected chi connectivity index (χ4v) is 3.07. The van der Waals surface area contributed by atoms with Crippen LogP contribution in [-0.2, 0) is 13.0 Å². The van der Waals surface area contributed by atoms with Crippen LogP contribution in [0.1, 0.15) is 31.2 Å². The molecular weight excluding hydrogens is 289 g/mol. The Hall–Kier alpha value is -1.72. The van der Waals surface area contributed by atoms with E-state index in [0.717, 1.165) is 34.5 Å². The summed E-state index contributed by atoms with van der Waals surface area (Å²) in [5.41, 5.74) is 3.10. The molecule has 2 aromatic rings. The van der Waals surface area contributed by atoms with Gasteiger partial charge in [0.15, 0.2) is 0 Å². The molecule has 0 radical (unpaired) electrons. The van der Waals surface area contributed by atoms with Crippen molar-refractivity contribution < 1.29 is 14.3 Å². The molecule has 2 rings (SSSR count). The Bertz CT molecular complexity index is 652. The average Bonchev–Trinajstić information content (AvgIpc) is 2.78. The minimum absolute atomic E-state index is 0.209. The highest BCUT2D eigenvalue weighted by Crippen LogP contribution is 2.21. The molecule has 5 heteroatoms. The van der Waals surface area contributed by atoms with Crippen LogP contribution >= 0.6 is 11.3 Å². The summed E-state index contributed by atoms with van der Waals surface area (Å²) in [5.74, 6) is -1.09. The Balaban J connectivity index is 1.86. The van der Waals surface area contributed by atoms with E-state index >= 15 is 0 Å². The third kappa shape index (κ3) is 4.12. The first kappa shape index (κ1) is 15.7. The molecule has 0 aliphatic carbocycles. The van der Waals surface area contributed by atoms with Gasteiger partial charge in [-0.25, -0.2) is 9.18 Å². The zero-order valence-corrected chi connectivity index (χ0v) is 12.9. The second-order valence-corrected chi connectivity index (χ2v) is 6.25. The maximum atomic E-state index is 13.0. The predicted molar refractivity (Wildman–Crippen MR) is 82.6 cm³/mol. The summed E-state index contributed by atoms with van der Waals surface area (Å²) in [4.78, 5) is 12.3. The SMILES string of the molecule is Cc1cc(F)ccc1CCNCc1cc(C(=O)O)sc1C. The largest absolute Gasteiger partial charge is 0.477 e. The van der Waals surface area contributed by atoms with Crippen molar-refractivity contribution in [2.24, 2.45) is 0 Å². The van der Waals surface area contributed by atoms with Gasteiger partial charge in [-0.1, -0.05) is 6.07 Å². The number of hydrogen-bond acceptors (Lipinski definition) is 3. The Morgan fingerprint density at radius 3 is 2.67 bits per heavy atom. The Morgan fingerprint density at radius 1 is 1.29 bits per heavy atom. The third-order valence-corrected chi connectivity index (χ3v) is 4.50. The summed E-state index contributed by atoms with van der Waals surface area (Å²) in [6, 6.07) is 6.55. The highest BCUT2D eigenvalue weighted by molar-refractivity contribution is 7.14. The van der Waals surface area contributed by atoms with Gasteiger partial charge in [-0.2, -0.15) is 0 Å². The van der Waals surface area contributed by atoms with Crippen molar-refractivity contribution in [3.63, 3.8) is 0 Å². The van der Waals surface area contributed by atoms with Crippen LogP contribution in [0.5, 0.6) is 0 Å². The molecule has 0 aliphatic heterocycles. The minimum atomic E-state index is -0.878. The highest BCUT2D eigenvalue weighted by Gasteiger charge is 2.10. The molecule has 0 aliphatic rings. The Kier molecular flexibility index (Phi) is 5.09. The number of carboxylic acids is 1. The van der Waals surface area contributed by atoms with Crippen molar-refractivity contribution in [2.45, 2.75) is 26.8 Å². The van der Waals surface area contributed by atoms with Gasteiger partial charge in [-0.05, 0) is 61.7 Å². The summed E-state index contributed by atoms with van der Waals surface area (Å²) in [6.07, 6.45) is 0.821. The lowest BCUT2D eigenvalue weighted by Gasteiger charge is -2.07. The first-order chi connectivity index (χ1) is 9.97. The van der Waals surface area contributed by atoms with Crippen LogP contribution < -0.4 is 5.32 Å². The van der Waals surface area contributed by atoms with Crippen LogP contribution in [-0.4, -0.2) is 17.6 Å². The van der Waals surface area contributed by atoms with E-state index in [1.165, 1.54) is 23.5 Å². The van der Waals surface area contributed by atoms with Gasteiger partial charge in [0, 0.05) is 11.4 Å². The van der Waals surface area contributed by atoms with Crippen molar-refractivity contribution in [3.8, 4) is 0 Å². The number of carbonyl (C=O) groups is 1. The van der Waals surface area contributed by atoms with E-state index in [2.05, 4.69) is 5.32 Å². The molecule has 0 saturated carbocycles. The van der Waals surface area contributed by atoms with Crippen LogP contribution in [0.15, 0.2) is 24.3 Å². The molecule has 1 aromatic heterocycles. The van der Waals surface area contributed by atoms with E-state index < -0.39 is 5.97 Å². The van der Waals surface area contributed by atoms with Crippen LogP contribution in [0.4, 0.5) is 4.39 Å². The van der Waals surface area contributed by atoms with E-state index in [4.69, 9.17) is 5.11 Å². The fourth-order valence-electron chi connectivity index (χ4n) is 2.19. The van der Waals surface area contributed by atoms with E-state index in [9.17, 15) is 9.18 Å². The maximum absolute atomic E-state index is 13.0. The molecule has 0 unspecified atom stereocenters. The topological polar surface area (TPSA) is 49.3 Å². The Morgan fingerprint density at radius 2 is 2.05 bits per heavy atom. The van der Waals surface area contributed by atoms with Crippen LogP contribution in [0, 0.1) is 19.7 Å². The van der Waals surface area contributed by atoms with Gasteiger partial charge in [0.1, 0.15) is 10.7 Å². The first-order valence-corrected chi connectivity index (χ1v) is 7.57. The van der Waals surface area contributed by atoms with Gasteiger partial charge < -0.3 is 10.4 Å². The highest BCUT2D eigenvalue weighted by atomic mass is 32.1. The molecule has 0 saturated heterocycles. The summed E-state index contributed by atoms with van der Waals surface area (Å²) in [5, 5.41) is 12.3. The van der Waals surface area contributed by atoms with Crippen LogP contribution in [0.2, 0.25) is 0 Å². The third-order valence-electron chi connectivity index (χ3n) is 3.42. The molecular formula is C16H18FNO2S. The molecule has 0 fully saturated rings. The minimum Gasteiger partial charge on any atom is -0.477 e. The molecule has 1 aromatic carbocycles. The lowest BCUT2D eigenvalue weighted by atomic mass is 10.1. The Labute approximate surface area is 127 Å². The number of rotatable bonds is 6. The van der Waals surface area contributed by atoms with E-state index in [-0.39, 0.29) is 5.82 Å². The number of aryl methyl sites for hydroxylation is 2. The van der Waals surface area contributed by atoms with Gasteiger partial charge in [0.25, 0.3) is 0 Å². The number of aromatic carboxylic acids is 1. The van der Waals surface area contributed by atoms with Crippen LogP contribution in [0.3, 0.4) is 0 Å². The van der Waals surface area contributed by atoms with Gasteiger partial charge >= 0.3 is 5.97 Å². The summed E-state index contributed by atoms with van der Waals surface area (Å²) in [7, 11) is 0. The molecule has 0 spiro atoms. The number of hydrogen-bond donors (Lipinski definition) is 2. The standard InChI is InChI=1S/C16H18FNO2S/c1-10-7-14(17)4-3-12(10)5-6-18-9-13-8-15(16(19)20)21-11(13)2/h3-4,7-8,18H,5-6,9H2,1-2H3,(H,19,20). The van der Waals surface area contributed by atoms with Gasteiger partial charge in [-0.3, -0.25) is 0 Å². The molecule has 0 bridgehead atoms. The summed E-state index contributed by atoms with van der Waals surface area (Å²) >= 11 is 1.30. The van der Waals surface area contributed by atoms with Gasteiger partial charge in [0.05, 0.1) is 0 Å². The van der Waals surface area contributed by atoms with E-state index in [1.54, 1.807) is 6.07 Å². The molecule has 1 heterocycles. The molecule has 0 amide bonds. The number of thiophene rings is 1. The predicted octanol–water partition coefficient (Wildman–Crippen LogP) is 3.53. The van der Waals surface area contributed by atoms with Crippen molar-refractivity contribution in [1.29, 1.82) is 0 Å². The lowest BCUT2D eigenvalue weighted by Crippen LogP contribution is -2.17. The number of nitrogens with one attached hydrogen (secondary N) is 1. The van der Waals surface area contributed by atoms with Crippen molar-refractivity contribution in [1.82, 2.24) is 5.32 Å². The van der Waals surface area contributed by atoms with E-state index in [1.807, 2.05) is 19.9 Å². The number of benzene rings is 1. The van der Waals surface area contributed by atoms with Crippen molar-refractivity contribution in [2.75, 3.05) is 6.54 Å². The zero-order valence-electron chi connectivity index (χ0n) is 12.1. The quantitative estimate of drug-likeness (QED) is 0.803. The molecule has 21 heavy (non-hydrogen) atoms. The van der Waals surface area contributed by atoms with E-state index in [0.29, 0.717) is 11.4 Å². The smallest absolute Gasteiger partial charge is 0.345 e. The molecule has 112 valence electrons. The average molecular weight is 307 g/mol. The second kappa shape index (κ2) is 6.83. The normalized spacial score (nSPS) is 10.8. The number of carboxylic acid groups (broad SMARTS) is 1. The van der Waals surface area contributed by atoms with Crippen LogP contribution in [0.25, 0.3) is 0 Å².